The Balaban J connectivity index is 4.37. The summed E-state index contributed by atoms with van der Waals surface area (Å²) in [6, 6.07) is 0.569. The Morgan fingerprint density at radius 3 is 1.00 bits per heavy atom. The summed E-state index contributed by atoms with van der Waals surface area (Å²) in [6.07, 6.45) is 24.6. The number of hydrogen-bond acceptors (Lipinski definition) is 6. The van der Waals surface area contributed by atoms with Gasteiger partial charge in [-0.05, 0) is 19.3 Å². The molecule has 0 saturated carbocycles. The van der Waals surface area contributed by atoms with E-state index in [1.54, 1.807) is 0 Å². The van der Waals surface area contributed by atoms with E-state index in [2.05, 4.69) is 27.4 Å². The van der Waals surface area contributed by atoms with Crippen molar-refractivity contribution in [3.8, 4) is 0 Å². The van der Waals surface area contributed by atoms with Crippen molar-refractivity contribution in [3.05, 3.63) is 12.7 Å². The Morgan fingerprint density at radius 1 is 0.400 bits per heavy atom. The molecule has 0 amide bonds. The molecule has 0 bridgehead atoms. The van der Waals surface area contributed by atoms with Crippen LogP contribution in [0.15, 0.2) is 12.7 Å². The van der Waals surface area contributed by atoms with Gasteiger partial charge in [-0.1, -0.05) is 123 Å². The average molecular weight is 589 g/mol. The summed E-state index contributed by atoms with van der Waals surface area (Å²) in [5.74, 6) is 0. The first-order valence-electron chi connectivity index (χ1n) is 17.0. The second-order valence-corrected chi connectivity index (χ2v) is 13.5. The van der Waals surface area contributed by atoms with Crippen LogP contribution < -0.4 is 0 Å². The first-order valence-corrected chi connectivity index (χ1v) is 18.9. The van der Waals surface area contributed by atoms with E-state index in [-0.39, 0.29) is 0 Å². The summed E-state index contributed by atoms with van der Waals surface area (Å²) in [5, 5.41) is 0. The van der Waals surface area contributed by atoms with Gasteiger partial charge in [-0.2, -0.15) is 0 Å². The molecule has 0 aliphatic rings. The molecule has 0 atom stereocenters. The van der Waals surface area contributed by atoms with Crippen LogP contribution in [0.5, 0.6) is 0 Å². The van der Waals surface area contributed by atoms with Crippen LogP contribution >= 0.6 is 0 Å². The van der Waals surface area contributed by atoms with Gasteiger partial charge in [-0.3, -0.25) is 0 Å². The van der Waals surface area contributed by atoms with Gasteiger partial charge in [0.15, 0.2) is 0 Å². The lowest BCUT2D eigenvalue weighted by Crippen LogP contribution is -2.47. The molecule has 0 fully saturated rings. The molecular formula is C33H68O6Si. The van der Waals surface area contributed by atoms with E-state index in [4.69, 9.17) is 27.5 Å². The van der Waals surface area contributed by atoms with E-state index >= 15 is 0 Å². The molecule has 40 heavy (non-hydrogen) atoms. The minimum absolute atomic E-state index is 0.465. The third-order valence-corrected chi connectivity index (χ3v) is 9.69. The Morgan fingerprint density at radius 2 is 0.700 bits per heavy atom. The van der Waals surface area contributed by atoms with Crippen LogP contribution in [0.25, 0.3) is 0 Å². The van der Waals surface area contributed by atoms with Crippen LogP contribution in [-0.2, 0) is 27.5 Å². The molecule has 0 radical (unpaired) electrons. The predicted molar refractivity (Wildman–Crippen MR) is 171 cm³/mol. The summed E-state index contributed by atoms with van der Waals surface area (Å²) < 4.78 is 36.4. The lowest BCUT2D eigenvalue weighted by molar-refractivity contribution is 0.00124. The minimum atomic E-state index is -2.92. The van der Waals surface area contributed by atoms with Gasteiger partial charge in [0.2, 0.25) is 0 Å². The molecule has 0 N–H and O–H groups in total. The number of ether oxygens (including phenoxy) is 3. The molecular weight excluding hydrogens is 520 g/mol. The van der Waals surface area contributed by atoms with Crippen molar-refractivity contribution >= 4 is 8.80 Å². The second-order valence-electron chi connectivity index (χ2n) is 10.9. The van der Waals surface area contributed by atoms with Crippen LogP contribution in [0, 0.1) is 0 Å². The first kappa shape index (κ1) is 39.7. The maximum Gasteiger partial charge on any atom is 0.505 e. The van der Waals surface area contributed by atoms with Crippen molar-refractivity contribution in [3.63, 3.8) is 0 Å². The molecule has 0 aromatic rings. The number of allylic oxidation sites excluding steroid dienone is 1. The standard InChI is InChI=1S/C33H68O6Si/c1-5-9-12-15-18-21-24-34-27-30-37-40(33-8-4,38-31-28-35-25-22-19-16-13-10-6-2)39-32-29-36-26-23-20-17-14-11-7-3/h8H,4-7,9-33H2,1-3H3. The van der Waals surface area contributed by atoms with Crippen molar-refractivity contribution in [1.82, 2.24) is 0 Å². The Hall–Kier alpha value is -0.283. The molecule has 0 heterocycles. The second kappa shape index (κ2) is 33.2. The van der Waals surface area contributed by atoms with E-state index in [0.717, 1.165) is 39.1 Å². The maximum absolute atomic E-state index is 6.28. The van der Waals surface area contributed by atoms with Crippen LogP contribution in [0.2, 0.25) is 6.04 Å². The van der Waals surface area contributed by atoms with Crippen LogP contribution in [-0.4, -0.2) is 68.3 Å². The Kier molecular flexibility index (Phi) is 33.0. The van der Waals surface area contributed by atoms with E-state index in [9.17, 15) is 0 Å². The van der Waals surface area contributed by atoms with E-state index < -0.39 is 8.80 Å². The van der Waals surface area contributed by atoms with Crippen molar-refractivity contribution < 1.29 is 27.5 Å². The fraction of sp³-hybridized carbons (Fsp3) is 0.939. The van der Waals surface area contributed by atoms with E-state index in [1.807, 2.05) is 6.08 Å². The zero-order valence-electron chi connectivity index (χ0n) is 27.0. The fourth-order valence-corrected chi connectivity index (χ4v) is 6.65. The fourth-order valence-electron chi connectivity index (χ4n) is 4.51. The lowest BCUT2D eigenvalue weighted by atomic mass is 10.1. The normalized spacial score (nSPS) is 11.9. The highest BCUT2D eigenvalue weighted by atomic mass is 28.4. The van der Waals surface area contributed by atoms with Crippen LogP contribution in [0.1, 0.15) is 136 Å². The highest BCUT2D eigenvalue weighted by Gasteiger charge is 2.40. The van der Waals surface area contributed by atoms with Gasteiger partial charge >= 0.3 is 8.80 Å². The van der Waals surface area contributed by atoms with Gasteiger partial charge in [0.05, 0.1) is 39.6 Å². The summed E-state index contributed by atoms with van der Waals surface area (Å²) in [5.41, 5.74) is 0. The summed E-state index contributed by atoms with van der Waals surface area (Å²) in [7, 11) is -2.92. The zero-order chi connectivity index (χ0) is 29.2. The summed E-state index contributed by atoms with van der Waals surface area (Å²) in [6.45, 7) is 16.1. The highest BCUT2D eigenvalue weighted by Crippen LogP contribution is 2.17. The third kappa shape index (κ3) is 27.9. The predicted octanol–water partition coefficient (Wildman–Crippen LogP) is 9.29. The number of hydrogen-bond donors (Lipinski definition) is 0. The molecule has 0 rings (SSSR count). The molecule has 0 aliphatic carbocycles. The van der Waals surface area contributed by atoms with Crippen molar-refractivity contribution in [2.45, 2.75) is 142 Å². The number of rotatable bonds is 35. The van der Waals surface area contributed by atoms with E-state index in [1.165, 1.54) is 96.3 Å². The van der Waals surface area contributed by atoms with Crippen LogP contribution in [0.4, 0.5) is 0 Å². The third-order valence-electron chi connectivity index (χ3n) is 6.97. The smallest absolute Gasteiger partial charge is 0.379 e. The SMILES string of the molecule is C=CC[Si](OCCOCCCCCCCC)(OCCOCCCCCCCC)OCCOCCCCCCCC. The molecule has 240 valence electrons. The van der Waals surface area contributed by atoms with Gasteiger partial charge in [0.25, 0.3) is 0 Å². The van der Waals surface area contributed by atoms with Crippen molar-refractivity contribution in [1.29, 1.82) is 0 Å². The van der Waals surface area contributed by atoms with Gasteiger partial charge in [0, 0.05) is 25.9 Å². The Labute approximate surface area is 250 Å². The zero-order valence-corrected chi connectivity index (χ0v) is 28.0. The minimum Gasteiger partial charge on any atom is -0.379 e. The lowest BCUT2D eigenvalue weighted by Gasteiger charge is -2.29. The molecule has 0 aliphatic heterocycles. The quantitative estimate of drug-likeness (QED) is 0.0418. The number of unbranched alkanes of at least 4 members (excludes halogenated alkanes) is 15. The molecule has 0 aromatic carbocycles. The highest BCUT2D eigenvalue weighted by molar-refractivity contribution is 6.61. The molecule has 0 saturated heterocycles. The monoisotopic (exact) mass is 588 g/mol. The van der Waals surface area contributed by atoms with Gasteiger partial charge in [-0.15, -0.1) is 6.58 Å². The Bertz CT molecular complexity index is 434. The largest absolute Gasteiger partial charge is 0.505 e. The van der Waals surface area contributed by atoms with Crippen molar-refractivity contribution in [2.24, 2.45) is 0 Å². The average Bonchev–Trinajstić information content (AvgIpc) is 2.96. The molecule has 6 nitrogen and oxygen atoms in total. The molecule has 7 heteroatoms. The topological polar surface area (TPSA) is 55.4 Å². The van der Waals surface area contributed by atoms with Gasteiger partial charge < -0.3 is 27.5 Å². The van der Waals surface area contributed by atoms with Gasteiger partial charge in [-0.25, -0.2) is 0 Å². The van der Waals surface area contributed by atoms with Crippen LogP contribution in [0.3, 0.4) is 0 Å². The van der Waals surface area contributed by atoms with Gasteiger partial charge in [0.1, 0.15) is 0 Å². The van der Waals surface area contributed by atoms with E-state index in [0.29, 0.717) is 45.7 Å². The molecule has 0 unspecified atom stereocenters. The van der Waals surface area contributed by atoms with Crippen molar-refractivity contribution in [2.75, 3.05) is 59.5 Å². The molecule has 0 aromatic heterocycles. The first-order chi connectivity index (χ1) is 19.7. The maximum atomic E-state index is 6.28. The molecule has 0 spiro atoms. The summed E-state index contributed by atoms with van der Waals surface area (Å²) in [4.78, 5) is 0. The summed E-state index contributed by atoms with van der Waals surface area (Å²) >= 11 is 0.